The van der Waals surface area contributed by atoms with Crippen LogP contribution in [0.1, 0.15) is 33.3 Å². The third-order valence-electron chi connectivity index (χ3n) is 4.36. The minimum atomic E-state index is -0.494. The Morgan fingerprint density at radius 1 is 1.13 bits per heavy atom. The zero-order valence-electron chi connectivity index (χ0n) is 19.0. The van der Waals surface area contributed by atoms with Crippen LogP contribution in [0.3, 0.4) is 0 Å². The van der Waals surface area contributed by atoms with Crippen molar-refractivity contribution in [2.24, 2.45) is 4.99 Å². The SMILES string of the molecule is CCNC(=NCc1cc(OC)c(OC)c(OC)c1)NC1CN(C(=O)OC(C)(C)C)C1. The number of carbonyl (C=O) groups excluding carboxylic acids is 1. The molecule has 1 aliphatic heterocycles. The van der Waals surface area contributed by atoms with Gasteiger partial charge in [-0.3, -0.25) is 0 Å². The van der Waals surface area contributed by atoms with Crippen molar-refractivity contribution in [2.75, 3.05) is 41.0 Å². The summed E-state index contributed by atoms with van der Waals surface area (Å²) in [7, 11) is 4.75. The van der Waals surface area contributed by atoms with Gasteiger partial charge in [-0.2, -0.15) is 0 Å². The van der Waals surface area contributed by atoms with E-state index in [9.17, 15) is 4.79 Å². The van der Waals surface area contributed by atoms with Crippen molar-refractivity contribution in [1.82, 2.24) is 15.5 Å². The summed E-state index contributed by atoms with van der Waals surface area (Å²) in [6.07, 6.45) is -0.292. The minimum Gasteiger partial charge on any atom is -0.493 e. The molecule has 1 aliphatic rings. The van der Waals surface area contributed by atoms with Crippen LogP contribution in [0.5, 0.6) is 17.2 Å². The number of nitrogens with one attached hydrogen (secondary N) is 2. The number of guanidine groups is 1. The number of aliphatic imine (C=N–C) groups is 1. The molecule has 0 atom stereocenters. The molecule has 0 bridgehead atoms. The van der Waals surface area contributed by atoms with Crippen LogP contribution in [0.15, 0.2) is 17.1 Å². The molecule has 9 nitrogen and oxygen atoms in total. The average Bonchev–Trinajstić information content (AvgIpc) is 2.65. The molecule has 0 unspecified atom stereocenters. The smallest absolute Gasteiger partial charge is 0.410 e. The van der Waals surface area contributed by atoms with Crippen LogP contribution in [0.4, 0.5) is 4.79 Å². The molecule has 0 saturated carbocycles. The fourth-order valence-corrected chi connectivity index (χ4v) is 2.96. The zero-order valence-corrected chi connectivity index (χ0v) is 19.0. The molecule has 0 spiro atoms. The molecule has 2 N–H and O–H groups in total. The van der Waals surface area contributed by atoms with Gasteiger partial charge >= 0.3 is 6.09 Å². The van der Waals surface area contributed by atoms with Crippen molar-refractivity contribution in [3.8, 4) is 17.2 Å². The monoisotopic (exact) mass is 422 g/mol. The number of hydrogen-bond acceptors (Lipinski definition) is 6. The number of rotatable bonds is 7. The summed E-state index contributed by atoms with van der Waals surface area (Å²) in [5, 5.41) is 6.59. The molecular formula is C21H34N4O5. The summed E-state index contributed by atoms with van der Waals surface area (Å²) < 4.78 is 21.5. The van der Waals surface area contributed by atoms with E-state index in [1.165, 1.54) is 0 Å². The maximum atomic E-state index is 12.1. The summed E-state index contributed by atoms with van der Waals surface area (Å²) in [5.41, 5.74) is 0.428. The largest absolute Gasteiger partial charge is 0.493 e. The van der Waals surface area contributed by atoms with Gasteiger partial charge in [-0.25, -0.2) is 9.79 Å². The lowest BCUT2D eigenvalue weighted by Gasteiger charge is -2.40. The third kappa shape index (κ3) is 6.33. The normalized spacial score (nSPS) is 14.6. The number of benzene rings is 1. The van der Waals surface area contributed by atoms with Crippen LogP contribution in [-0.2, 0) is 11.3 Å². The highest BCUT2D eigenvalue weighted by Gasteiger charge is 2.34. The third-order valence-corrected chi connectivity index (χ3v) is 4.36. The molecule has 2 rings (SSSR count). The Morgan fingerprint density at radius 2 is 1.73 bits per heavy atom. The van der Waals surface area contributed by atoms with Gasteiger partial charge in [-0.05, 0) is 45.4 Å². The van der Waals surface area contributed by atoms with E-state index in [1.54, 1.807) is 26.2 Å². The van der Waals surface area contributed by atoms with Gasteiger partial charge in [0.2, 0.25) is 5.75 Å². The van der Waals surface area contributed by atoms with Gasteiger partial charge in [-0.1, -0.05) is 0 Å². The van der Waals surface area contributed by atoms with E-state index in [1.807, 2.05) is 39.8 Å². The fourth-order valence-electron chi connectivity index (χ4n) is 2.96. The number of amides is 1. The molecule has 1 aromatic carbocycles. The number of likely N-dealkylation sites (tertiary alicyclic amines) is 1. The minimum absolute atomic E-state index is 0.121. The second kappa shape index (κ2) is 10.3. The molecule has 9 heteroatoms. The van der Waals surface area contributed by atoms with Crippen molar-refractivity contribution in [3.05, 3.63) is 17.7 Å². The molecule has 0 radical (unpaired) electrons. The Balaban J connectivity index is 2.00. The molecule has 1 fully saturated rings. The maximum Gasteiger partial charge on any atom is 0.410 e. The van der Waals surface area contributed by atoms with Gasteiger partial charge in [0.25, 0.3) is 0 Å². The number of ether oxygens (including phenoxy) is 4. The van der Waals surface area contributed by atoms with Crippen LogP contribution in [0, 0.1) is 0 Å². The van der Waals surface area contributed by atoms with Crippen LogP contribution >= 0.6 is 0 Å². The van der Waals surface area contributed by atoms with Crippen molar-refractivity contribution >= 4 is 12.1 Å². The van der Waals surface area contributed by atoms with Gasteiger partial charge in [0, 0.05) is 19.6 Å². The van der Waals surface area contributed by atoms with Gasteiger partial charge in [0.05, 0.1) is 33.9 Å². The Labute approximate surface area is 178 Å². The lowest BCUT2D eigenvalue weighted by molar-refractivity contribution is 0.00700. The summed E-state index contributed by atoms with van der Waals surface area (Å²) in [6, 6.07) is 3.87. The Kier molecular flexibility index (Phi) is 8.02. The summed E-state index contributed by atoms with van der Waals surface area (Å²) in [5.74, 6) is 2.41. The number of methoxy groups -OCH3 is 3. The van der Waals surface area contributed by atoms with Crippen molar-refractivity contribution in [3.63, 3.8) is 0 Å². The average molecular weight is 423 g/mol. The molecule has 1 amide bonds. The molecule has 1 saturated heterocycles. The highest BCUT2D eigenvalue weighted by molar-refractivity contribution is 5.80. The first kappa shape index (κ1) is 23.4. The highest BCUT2D eigenvalue weighted by atomic mass is 16.6. The highest BCUT2D eigenvalue weighted by Crippen LogP contribution is 2.38. The lowest BCUT2D eigenvalue weighted by Crippen LogP contribution is -2.63. The predicted octanol–water partition coefficient (Wildman–Crippen LogP) is 2.39. The molecule has 30 heavy (non-hydrogen) atoms. The summed E-state index contributed by atoms with van der Waals surface area (Å²) in [6.45, 7) is 9.88. The van der Waals surface area contributed by atoms with Crippen molar-refractivity contribution in [1.29, 1.82) is 0 Å². The van der Waals surface area contributed by atoms with Gasteiger partial charge in [-0.15, -0.1) is 0 Å². The zero-order chi connectivity index (χ0) is 22.3. The molecule has 1 aromatic rings. The first-order valence-electron chi connectivity index (χ1n) is 10.0. The molecule has 168 valence electrons. The number of hydrogen-bond donors (Lipinski definition) is 2. The lowest BCUT2D eigenvalue weighted by atomic mass is 10.1. The van der Waals surface area contributed by atoms with Gasteiger partial charge in [0.15, 0.2) is 17.5 Å². The standard InChI is InChI=1S/C21H34N4O5/c1-8-22-19(24-15-12-25(13-15)20(26)30-21(2,3)4)23-11-14-9-16(27-5)18(29-7)17(10-14)28-6/h9-10,15H,8,11-13H2,1-7H3,(H2,22,23,24). The van der Waals surface area contributed by atoms with Crippen molar-refractivity contribution < 1.29 is 23.7 Å². The number of carbonyl (C=O) groups is 1. The number of nitrogens with zero attached hydrogens (tertiary/aromatic N) is 2. The second-order valence-electron chi connectivity index (χ2n) is 7.96. The first-order chi connectivity index (χ1) is 14.2. The second-order valence-corrected chi connectivity index (χ2v) is 7.96. The van der Waals surface area contributed by atoms with E-state index in [0.29, 0.717) is 42.8 Å². The van der Waals surface area contributed by atoms with E-state index in [-0.39, 0.29) is 12.1 Å². The summed E-state index contributed by atoms with van der Waals surface area (Å²) in [4.78, 5) is 18.4. The first-order valence-corrected chi connectivity index (χ1v) is 10.0. The predicted molar refractivity (Wildman–Crippen MR) is 116 cm³/mol. The summed E-state index contributed by atoms with van der Waals surface area (Å²) >= 11 is 0. The van der Waals surface area contributed by atoms with Gasteiger partial charge in [0.1, 0.15) is 5.60 Å². The quantitative estimate of drug-likeness (QED) is 0.515. The Bertz CT molecular complexity index is 729. The van der Waals surface area contributed by atoms with E-state index in [0.717, 1.165) is 12.1 Å². The van der Waals surface area contributed by atoms with E-state index < -0.39 is 5.60 Å². The topological polar surface area (TPSA) is 93.7 Å². The van der Waals surface area contributed by atoms with E-state index >= 15 is 0 Å². The maximum absolute atomic E-state index is 12.1. The van der Waals surface area contributed by atoms with Crippen LogP contribution < -0.4 is 24.8 Å². The fraction of sp³-hybridized carbons (Fsp3) is 0.619. The molecule has 1 heterocycles. The van der Waals surface area contributed by atoms with E-state index in [4.69, 9.17) is 18.9 Å². The Morgan fingerprint density at radius 3 is 2.20 bits per heavy atom. The molecule has 0 aliphatic carbocycles. The molecule has 0 aromatic heterocycles. The Hall–Kier alpha value is -2.84. The van der Waals surface area contributed by atoms with Crippen LogP contribution in [0.2, 0.25) is 0 Å². The van der Waals surface area contributed by atoms with Crippen molar-refractivity contribution in [2.45, 2.75) is 45.9 Å². The van der Waals surface area contributed by atoms with Crippen LogP contribution in [0.25, 0.3) is 0 Å². The van der Waals surface area contributed by atoms with Gasteiger partial charge < -0.3 is 34.5 Å². The molecular weight excluding hydrogens is 388 g/mol. The van der Waals surface area contributed by atoms with Crippen LogP contribution in [-0.4, -0.2) is 69.6 Å². The van der Waals surface area contributed by atoms with E-state index in [2.05, 4.69) is 15.6 Å².